The van der Waals surface area contributed by atoms with Gasteiger partial charge in [-0.05, 0) is 63.3 Å². The number of aliphatic hydroxyl groups is 1. The summed E-state index contributed by atoms with van der Waals surface area (Å²) in [5, 5.41) is 11.0. The maximum absolute atomic E-state index is 12.5. The summed E-state index contributed by atoms with van der Waals surface area (Å²) >= 11 is 0. The number of benzene rings is 2. The standard InChI is InChI=1S/C21H24BF3O4/c1-18(2)19(3,4)29-22(28-18)16-11-9-14(10-12-16)20(5,26)15-7-6-8-17(13-15)27-21(23,24)25/h6-13,26H,1-5H3. The van der Waals surface area contributed by atoms with Gasteiger partial charge in [-0.3, -0.25) is 0 Å². The molecule has 0 aromatic heterocycles. The monoisotopic (exact) mass is 408 g/mol. The van der Waals surface area contributed by atoms with Gasteiger partial charge in [0.1, 0.15) is 11.4 Å². The Kier molecular flexibility index (Phi) is 5.26. The molecule has 0 bridgehead atoms. The molecule has 1 N–H and O–H groups in total. The summed E-state index contributed by atoms with van der Waals surface area (Å²) in [5.41, 5.74) is -0.872. The molecular weight excluding hydrogens is 384 g/mol. The van der Waals surface area contributed by atoms with E-state index in [1.54, 1.807) is 30.3 Å². The van der Waals surface area contributed by atoms with Crippen LogP contribution in [0.15, 0.2) is 48.5 Å². The predicted molar refractivity (Wildman–Crippen MR) is 104 cm³/mol. The van der Waals surface area contributed by atoms with Crippen LogP contribution in [0.25, 0.3) is 0 Å². The van der Waals surface area contributed by atoms with Gasteiger partial charge in [-0.25, -0.2) is 0 Å². The molecule has 0 spiro atoms. The lowest BCUT2D eigenvalue weighted by atomic mass is 9.77. The third-order valence-electron chi connectivity index (χ3n) is 5.63. The van der Waals surface area contributed by atoms with Crippen LogP contribution in [0, 0.1) is 0 Å². The Morgan fingerprint density at radius 3 is 1.97 bits per heavy atom. The highest BCUT2D eigenvalue weighted by atomic mass is 19.4. The molecule has 2 aromatic carbocycles. The third kappa shape index (κ3) is 4.44. The van der Waals surface area contributed by atoms with Crippen LogP contribution in [0.1, 0.15) is 45.7 Å². The van der Waals surface area contributed by atoms with E-state index in [9.17, 15) is 18.3 Å². The van der Waals surface area contributed by atoms with E-state index in [0.717, 1.165) is 5.46 Å². The second-order valence-corrected chi connectivity index (χ2v) is 8.36. The second kappa shape index (κ2) is 7.04. The lowest BCUT2D eigenvalue weighted by Gasteiger charge is -2.32. The number of hydrogen-bond acceptors (Lipinski definition) is 4. The molecule has 0 saturated carbocycles. The molecule has 1 atom stereocenters. The van der Waals surface area contributed by atoms with E-state index in [1.165, 1.54) is 25.1 Å². The summed E-state index contributed by atoms with van der Waals surface area (Å²) in [6.07, 6.45) is -4.80. The minimum absolute atomic E-state index is 0.280. The molecule has 29 heavy (non-hydrogen) atoms. The van der Waals surface area contributed by atoms with E-state index in [4.69, 9.17) is 9.31 Å². The van der Waals surface area contributed by atoms with Gasteiger partial charge in [0.25, 0.3) is 0 Å². The van der Waals surface area contributed by atoms with Crippen molar-refractivity contribution in [3.8, 4) is 5.75 Å². The molecule has 1 aliphatic rings. The Balaban J connectivity index is 1.83. The molecule has 1 heterocycles. The molecule has 1 aliphatic heterocycles. The largest absolute Gasteiger partial charge is 0.573 e. The maximum Gasteiger partial charge on any atom is 0.573 e. The molecule has 3 rings (SSSR count). The van der Waals surface area contributed by atoms with E-state index in [-0.39, 0.29) is 11.3 Å². The SMILES string of the molecule is CC(O)(c1ccc(B2OC(C)(C)C(C)(C)O2)cc1)c1cccc(OC(F)(F)F)c1. The van der Waals surface area contributed by atoms with Gasteiger partial charge in [0, 0.05) is 0 Å². The predicted octanol–water partition coefficient (Wildman–Crippen LogP) is 4.14. The van der Waals surface area contributed by atoms with Gasteiger partial charge in [0.15, 0.2) is 0 Å². The molecule has 156 valence electrons. The summed E-state index contributed by atoms with van der Waals surface area (Å²) in [6.45, 7) is 9.36. The van der Waals surface area contributed by atoms with Gasteiger partial charge in [0.2, 0.25) is 0 Å². The van der Waals surface area contributed by atoms with Crippen molar-refractivity contribution in [2.45, 2.75) is 57.8 Å². The van der Waals surface area contributed by atoms with Crippen molar-refractivity contribution in [2.75, 3.05) is 0 Å². The smallest absolute Gasteiger partial charge is 0.406 e. The summed E-state index contributed by atoms with van der Waals surface area (Å²) in [5.74, 6) is -0.385. The Hall–Kier alpha value is -2.03. The van der Waals surface area contributed by atoms with Crippen molar-refractivity contribution >= 4 is 12.6 Å². The van der Waals surface area contributed by atoms with Crippen LogP contribution >= 0.6 is 0 Å². The summed E-state index contributed by atoms with van der Waals surface area (Å²) in [7, 11) is -0.539. The zero-order valence-corrected chi connectivity index (χ0v) is 17.0. The summed E-state index contributed by atoms with van der Waals surface area (Å²) in [4.78, 5) is 0. The lowest BCUT2D eigenvalue weighted by molar-refractivity contribution is -0.274. The van der Waals surface area contributed by atoms with Crippen molar-refractivity contribution in [3.05, 3.63) is 59.7 Å². The maximum atomic E-state index is 12.5. The van der Waals surface area contributed by atoms with E-state index in [1.807, 2.05) is 27.7 Å². The van der Waals surface area contributed by atoms with Gasteiger partial charge >= 0.3 is 13.5 Å². The fourth-order valence-electron chi connectivity index (χ4n) is 3.11. The Labute approximate surface area is 168 Å². The second-order valence-electron chi connectivity index (χ2n) is 8.36. The first kappa shape index (κ1) is 21.7. The number of halogens is 3. The normalized spacial score (nSPS) is 20.4. The molecular formula is C21H24BF3O4. The minimum atomic E-state index is -4.80. The molecule has 8 heteroatoms. The molecule has 0 amide bonds. The molecule has 4 nitrogen and oxygen atoms in total. The number of hydrogen-bond donors (Lipinski definition) is 1. The first-order valence-corrected chi connectivity index (χ1v) is 9.26. The van der Waals surface area contributed by atoms with Crippen LogP contribution < -0.4 is 10.2 Å². The summed E-state index contributed by atoms with van der Waals surface area (Å²) in [6, 6.07) is 12.3. The van der Waals surface area contributed by atoms with Crippen LogP contribution in [0.2, 0.25) is 0 Å². The van der Waals surface area contributed by atoms with Crippen LogP contribution in [0.4, 0.5) is 13.2 Å². The van der Waals surface area contributed by atoms with E-state index >= 15 is 0 Å². The highest BCUT2D eigenvalue weighted by molar-refractivity contribution is 6.62. The van der Waals surface area contributed by atoms with Crippen molar-refractivity contribution in [3.63, 3.8) is 0 Å². The van der Waals surface area contributed by atoms with Gasteiger partial charge in [-0.2, -0.15) is 0 Å². The van der Waals surface area contributed by atoms with Gasteiger partial charge < -0.3 is 19.2 Å². The average molecular weight is 408 g/mol. The van der Waals surface area contributed by atoms with Crippen LogP contribution in [0.3, 0.4) is 0 Å². The Morgan fingerprint density at radius 2 is 1.45 bits per heavy atom. The third-order valence-corrected chi connectivity index (χ3v) is 5.63. The highest BCUT2D eigenvalue weighted by Crippen LogP contribution is 2.37. The topological polar surface area (TPSA) is 47.9 Å². The van der Waals surface area contributed by atoms with Crippen molar-refractivity contribution in [1.82, 2.24) is 0 Å². The molecule has 1 fully saturated rings. The zero-order chi connectivity index (χ0) is 21.7. The Bertz CT molecular complexity index is 860. The van der Waals surface area contributed by atoms with Crippen LogP contribution in [-0.4, -0.2) is 29.8 Å². The van der Waals surface area contributed by atoms with Crippen LogP contribution in [0.5, 0.6) is 5.75 Å². The minimum Gasteiger partial charge on any atom is -0.406 e. The molecule has 0 radical (unpaired) electrons. The van der Waals surface area contributed by atoms with E-state index in [0.29, 0.717) is 5.56 Å². The van der Waals surface area contributed by atoms with Gasteiger partial charge in [-0.15, -0.1) is 13.2 Å². The van der Waals surface area contributed by atoms with Crippen molar-refractivity contribution in [2.24, 2.45) is 0 Å². The summed E-state index contributed by atoms with van der Waals surface area (Å²) < 4.78 is 53.4. The average Bonchev–Trinajstić information content (AvgIpc) is 2.81. The first-order chi connectivity index (χ1) is 13.2. The number of alkyl halides is 3. The Morgan fingerprint density at radius 1 is 0.897 bits per heavy atom. The fraction of sp³-hybridized carbons (Fsp3) is 0.429. The molecule has 1 unspecified atom stereocenters. The van der Waals surface area contributed by atoms with Gasteiger partial charge in [0.05, 0.1) is 11.2 Å². The zero-order valence-electron chi connectivity index (χ0n) is 17.0. The number of ether oxygens (including phenoxy) is 1. The molecule has 2 aromatic rings. The van der Waals surface area contributed by atoms with Crippen LogP contribution in [-0.2, 0) is 14.9 Å². The fourth-order valence-corrected chi connectivity index (χ4v) is 3.11. The van der Waals surface area contributed by atoms with E-state index in [2.05, 4.69) is 4.74 Å². The lowest BCUT2D eigenvalue weighted by Crippen LogP contribution is -2.41. The van der Waals surface area contributed by atoms with E-state index < -0.39 is 30.3 Å². The van der Waals surface area contributed by atoms with Crippen molar-refractivity contribution < 1.29 is 32.3 Å². The molecule has 1 saturated heterocycles. The number of rotatable bonds is 4. The van der Waals surface area contributed by atoms with Crippen molar-refractivity contribution in [1.29, 1.82) is 0 Å². The first-order valence-electron chi connectivity index (χ1n) is 9.26. The molecule has 0 aliphatic carbocycles. The quantitative estimate of drug-likeness (QED) is 0.773. The highest BCUT2D eigenvalue weighted by Gasteiger charge is 2.51. The van der Waals surface area contributed by atoms with Gasteiger partial charge in [-0.1, -0.05) is 36.4 Å².